The van der Waals surface area contributed by atoms with E-state index < -0.39 is 23.9 Å². The molecule has 0 aliphatic carbocycles. The van der Waals surface area contributed by atoms with Crippen molar-refractivity contribution < 1.29 is 23.9 Å². The number of esters is 2. The maximum absolute atomic E-state index is 12.0. The zero-order chi connectivity index (χ0) is 15.1. The van der Waals surface area contributed by atoms with Gasteiger partial charge in [-0.3, -0.25) is 4.79 Å². The summed E-state index contributed by atoms with van der Waals surface area (Å²) >= 11 is 3.47. The van der Waals surface area contributed by atoms with Crippen LogP contribution in [0.5, 0.6) is 0 Å². The average molecular weight is 411 g/mol. The van der Waals surface area contributed by atoms with Crippen molar-refractivity contribution in [1.82, 2.24) is 5.32 Å². The number of nitrogens with one attached hydrogen (secondary N) is 1. The summed E-state index contributed by atoms with van der Waals surface area (Å²) in [5, 5.41) is 3.97. The number of carbonyl (C=O) groups excluding carboxylic acids is 3. The Morgan fingerprint density at radius 2 is 1.80 bits per heavy atom. The van der Waals surface area contributed by atoms with Gasteiger partial charge in [-0.2, -0.15) is 0 Å². The van der Waals surface area contributed by atoms with E-state index in [2.05, 4.69) is 27.9 Å². The molecule has 1 N–H and O–H groups in total. The van der Waals surface area contributed by atoms with Crippen LogP contribution in [0.25, 0.3) is 0 Å². The van der Waals surface area contributed by atoms with Crippen molar-refractivity contribution in [3.63, 3.8) is 0 Å². The van der Waals surface area contributed by atoms with Crippen LogP contribution < -0.4 is 5.32 Å². The first kappa shape index (κ1) is 16.9. The second-order valence-corrected chi connectivity index (χ2v) is 6.36. The molecule has 0 atom stereocenters. The van der Waals surface area contributed by atoms with Crippen LogP contribution in [-0.4, -0.2) is 37.1 Å². The Morgan fingerprint density at radius 3 is 2.20 bits per heavy atom. The highest BCUT2D eigenvalue weighted by molar-refractivity contribution is 14.1. The molecule has 1 rings (SSSR count). The van der Waals surface area contributed by atoms with Gasteiger partial charge in [-0.15, -0.1) is 11.3 Å². The summed E-state index contributed by atoms with van der Waals surface area (Å²) in [4.78, 5) is 35.4. The minimum Gasteiger partial charge on any atom is -0.464 e. The highest BCUT2D eigenvalue weighted by Crippen LogP contribution is 2.16. The zero-order valence-corrected chi connectivity index (χ0v) is 13.9. The molecular weight excluding hydrogens is 397 g/mol. The Hall–Kier alpha value is -1.16. The molecule has 1 heterocycles. The molecule has 1 aromatic heterocycles. The predicted octanol–water partition coefficient (Wildman–Crippen LogP) is 1.58. The maximum Gasteiger partial charge on any atom is 0.340 e. The Labute approximate surface area is 134 Å². The van der Waals surface area contributed by atoms with Gasteiger partial charge in [0, 0.05) is 5.38 Å². The molecule has 0 unspecified atom stereocenters. The average Bonchev–Trinajstić information content (AvgIpc) is 2.83. The van der Waals surface area contributed by atoms with Crippen molar-refractivity contribution in [2.45, 2.75) is 19.9 Å². The lowest BCUT2D eigenvalue weighted by Gasteiger charge is -2.15. The lowest BCUT2D eigenvalue weighted by Crippen LogP contribution is -2.48. The summed E-state index contributed by atoms with van der Waals surface area (Å²) in [5.74, 6) is -2.18. The minimum atomic E-state index is -1.44. The highest BCUT2D eigenvalue weighted by Gasteiger charge is 2.31. The number of rotatable bonds is 6. The van der Waals surface area contributed by atoms with E-state index in [0.29, 0.717) is 5.56 Å². The summed E-state index contributed by atoms with van der Waals surface area (Å²) < 4.78 is 10.4. The van der Waals surface area contributed by atoms with E-state index in [4.69, 9.17) is 9.47 Å². The van der Waals surface area contributed by atoms with Gasteiger partial charge in [-0.05, 0) is 42.5 Å². The Bertz CT molecular complexity index is 484. The molecule has 0 aliphatic rings. The number of hydrogen-bond donors (Lipinski definition) is 1. The zero-order valence-electron chi connectivity index (χ0n) is 11.0. The first-order valence-corrected chi connectivity index (χ1v) is 7.83. The SMILES string of the molecule is CCOC(=O)C(NC(=O)c1csc(I)c1)C(=O)OCC. The first-order chi connectivity index (χ1) is 9.49. The second kappa shape index (κ2) is 8.20. The maximum atomic E-state index is 12.0. The lowest BCUT2D eigenvalue weighted by atomic mass is 10.2. The molecule has 0 fully saturated rings. The van der Waals surface area contributed by atoms with Crippen molar-refractivity contribution in [2.75, 3.05) is 13.2 Å². The van der Waals surface area contributed by atoms with E-state index >= 15 is 0 Å². The molecule has 0 radical (unpaired) electrons. The standard InChI is InChI=1S/C12H14INO5S/c1-3-18-11(16)9(12(17)19-4-2)14-10(15)7-5-8(13)20-6-7/h5-6,9H,3-4H2,1-2H3,(H,14,15). The normalized spacial score (nSPS) is 10.2. The fraction of sp³-hybridized carbons (Fsp3) is 0.417. The molecule has 0 bridgehead atoms. The summed E-state index contributed by atoms with van der Waals surface area (Å²) in [5.41, 5.74) is 0.387. The molecule has 0 aliphatic heterocycles. The smallest absolute Gasteiger partial charge is 0.340 e. The van der Waals surface area contributed by atoms with Crippen molar-refractivity contribution in [3.05, 3.63) is 19.9 Å². The lowest BCUT2D eigenvalue weighted by molar-refractivity contribution is -0.157. The molecule has 0 aromatic carbocycles. The minimum absolute atomic E-state index is 0.112. The Morgan fingerprint density at radius 1 is 1.25 bits per heavy atom. The molecule has 8 heteroatoms. The predicted molar refractivity (Wildman–Crippen MR) is 81.6 cm³/mol. The summed E-state index contributed by atoms with van der Waals surface area (Å²) in [7, 11) is 0. The summed E-state index contributed by atoms with van der Waals surface area (Å²) in [6, 6.07) is 0.216. The van der Waals surface area contributed by atoms with Gasteiger partial charge < -0.3 is 14.8 Å². The van der Waals surface area contributed by atoms with Crippen LogP contribution in [0, 0.1) is 2.88 Å². The largest absolute Gasteiger partial charge is 0.464 e. The third kappa shape index (κ3) is 4.75. The number of carbonyl (C=O) groups is 3. The van der Waals surface area contributed by atoms with Crippen LogP contribution in [0.4, 0.5) is 0 Å². The molecule has 0 saturated carbocycles. The van der Waals surface area contributed by atoms with Crippen molar-refractivity contribution >= 4 is 51.8 Å². The van der Waals surface area contributed by atoms with Gasteiger partial charge >= 0.3 is 11.9 Å². The molecule has 1 aromatic rings. The van der Waals surface area contributed by atoms with Crippen LogP contribution in [0.15, 0.2) is 11.4 Å². The van der Waals surface area contributed by atoms with E-state index in [1.165, 1.54) is 11.3 Å². The molecule has 6 nitrogen and oxygen atoms in total. The Balaban J connectivity index is 2.80. The third-order valence-electron chi connectivity index (χ3n) is 2.15. The van der Waals surface area contributed by atoms with Gasteiger partial charge in [0.05, 0.1) is 21.7 Å². The Kier molecular flexibility index (Phi) is 6.93. The van der Waals surface area contributed by atoms with E-state index in [9.17, 15) is 14.4 Å². The number of ether oxygens (including phenoxy) is 2. The van der Waals surface area contributed by atoms with Crippen LogP contribution in [0.3, 0.4) is 0 Å². The van der Waals surface area contributed by atoms with Crippen molar-refractivity contribution in [3.8, 4) is 0 Å². The molecule has 0 spiro atoms. The van der Waals surface area contributed by atoms with Crippen molar-refractivity contribution in [2.24, 2.45) is 0 Å². The van der Waals surface area contributed by atoms with Crippen LogP contribution >= 0.6 is 33.9 Å². The highest BCUT2D eigenvalue weighted by atomic mass is 127. The van der Waals surface area contributed by atoms with Gasteiger partial charge in [0.15, 0.2) is 0 Å². The summed E-state index contributed by atoms with van der Waals surface area (Å²) in [6.07, 6.45) is 0. The molecule has 0 saturated heterocycles. The first-order valence-electron chi connectivity index (χ1n) is 5.87. The third-order valence-corrected chi connectivity index (χ3v) is 3.94. The van der Waals surface area contributed by atoms with Gasteiger partial charge in [0.25, 0.3) is 5.91 Å². The van der Waals surface area contributed by atoms with E-state index in [0.717, 1.165) is 2.88 Å². The molecule has 1 amide bonds. The monoisotopic (exact) mass is 411 g/mol. The number of thiophene rings is 1. The van der Waals surface area contributed by atoms with Crippen molar-refractivity contribution in [1.29, 1.82) is 0 Å². The van der Waals surface area contributed by atoms with Crippen LogP contribution in [-0.2, 0) is 19.1 Å². The van der Waals surface area contributed by atoms with Gasteiger partial charge in [-0.25, -0.2) is 9.59 Å². The number of amides is 1. The number of halogens is 1. The fourth-order valence-corrected chi connectivity index (χ4v) is 2.64. The van der Waals surface area contributed by atoms with Gasteiger partial charge in [-0.1, -0.05) is 0 Å². The van der Waals surface area contributed by atoms with E-state index in [1.807, 2.05) is 0 Å². The number of hydrogen-bond acceptors (Lipinski definition) is 6. The van der Waals surface area contributed by atoms with Crippen LogP contribution in [0.2, 0.25) is 0 Å². The second-order valence-electron chi connectivity index (χ2n) is 3.55. The molecular formula is C12H14INO5S. The molecule has 20 heavy (non-hydrogen) atoms. The van der Waals surface area contributed by atoms with E-state index in [1.54, 1.807) is 25.3 Å². The van der Waals surface area contributed by atoms with E-state index in [-0.39, 0.29) is 13.2 Å². The van der Waals surface area contributed by atoms with Gasteiger partial charge in [0.2, 0.25) is 6.04 Å². The summed E-state index contributed by atoms with van der Waals surface area (Å²) in [6.45, 7) is 3.45. The fourth-order valence-electron chi connectivity index (χ4n) is 1.31. The molecule has 110 valence electrons. The quantitative estimate of drug-likeness (QED) is 0.437. The van der Waals surface area contributed by atoms with Crippen LogP contribution in [0.1, 0.15) is 24.2 Å². The topological polar surface area (TPSA) is 81.7 Å². The van der Waals surface area contributed by atoms with Gasteiger partial charge in [0.1, 0.15) is 0 Å².